The molecule has 0 radical (unpaired) electrons. The minimum absolute atomic E-state index is 0.106. The molecule has 19 heteroatoms. The van der Waals surface area contributed by atoms with Gasteiger partial charge in [-0.25, -0.2) is 9.13 Å². The monoisotopic (exact) mass is 1400 g/mol. The fourth-order valence-corrected chi connectivity index (χ4v) is 13.2. The quantitative estimate of drug-likeness (QED) is 0.0222. The van der Waals surface area contributed by atoms with Gasteiger partial charge in [0.25, 0.3) is 0 Å². The fraction of sp³-hybridized carbons (Fsp3) is 0.947. The van der Waals surface area contributed by atoms with Gasteiger partial charge in [-0.15, -0.1) is 0 Å². The highest BCUT2D eigenvalue weighted by Gasteiger charge is 2.30. The first-order chi connectivity index (χ1) is 45.7. The van der Waals surface area contributed by atoms with E-state index in [-0.39, 0.29) is 25.7 Å². The van der Waals surface area contributed by atoms with Gasteiger partial charge in [0.15, 0.2) is 12.2 Å². The standard InChI is InChI=1S/C76H148O17P2/c1-8-9-10-11-12-36-43-50-57-73(78)86-63-71(92-76(81)60-53-46-39-32-26-25-29-35-42-49-56-69(6)7)65-90-94(82,83)88-61-70(77)62-89-95(84,85)91-66-72(93-75(80)59-52-45-38-31-24-20-16-14-18-22-28-34-41-48-55-68(4)5)64-87-74(79)58-51-44-37-30-23-19-15-13-17-21-27-33-40-47-54-67(2)3/h67-72,77H,8-66H2,1-7H3,(H,82,83)(H,84,85)/t70-,71+,72+/m0/s1. The molecule has 0 spiro atoms. The van der Waals surface area contributed by atoms with Crippen molar-refractivity contribution in [2.45, 2.75) is 407 Å². The van der Waals surface area contributed by atoms with Gasteiger partial charge in [-0.05, 0) is 43.4 Å². The molecule has 0 bridgehead atoms. The largest absolute Gasteiger partial charge is 0.472 e. The van der Waals surface area contributed by atoms with Crippen LogP contribution >= 0.6 is 15.6 Å². The molecular formula is C76H148O17P2. The average molecular weight is 1400 g/mol. The summed E-state index contributed by atoms with van der Waals surface area (Å²) in [5.41, 5.74) is 0. The third-order valence-corrected chi connectivity index (χ3v) is 19.5. The van der Waals surface area contributed by atoms with Crippen LogP contribution in [0.25, 0.3) is 0 Å². The zero-order valence-electron chi connectivity index (χ0n) is 62.1. The van der Waals surface area contributed by atoms with E-state index < -0.39 is 97.5 Å². The third-order valence-electron chi connectivity index (χ3n) is 17.6. The van der Waals surface area contributed by atoms with Crippen molar-refractivity contribution in [3.05, 3.63) is 0 Å². The minimum Gasteiger partial charge on any atom is -0.462 e. The molecule has 0 saturated carbocycles. The van der Waals surface area contributed by atoms with Crippen molar-refractivity contribution < 1.29 is 80.2 Å². The molecule has 0 aliphatic carbocycles. The van der Waals surface area contributed by atoms with Crippen molar-refractivity contribution in [1.82, 2.24) is 0 Å². The number of phosphoric ester groups is 2. The molecule has 0 heterocycles. The van der Waals surface area contributed by atoms with Crippen LogP contribution in [-0.4, -0.2) is 96.7 Å². The van der Waals surface area contributed by atoms with Crippen molar-refractivity contribution in [1.29, 1.82) is 0 Å². The molecule has 564 valence electrons. The van der Waals surface area contributed by atoms with E-state index >= 15 is 0 Å². The van der Waals surface area contributed by atoms with E-state index in [0.29, 0.717) is 25.7 Å². The second-order valence-corrected chi connectivity index (χ2v) is 31.7. The van der Waals surface area contributed by atoms with Crippen molar-refractivity contribution in [3.63, 3.8) is 0 Å². The number of hydrogen-bond acceptors (Lipinski definition) is 15. The molecular weight excluding hydrogens is 1250 g/mol. The molecule has 0 aliphatic rings. The highest BCUT2D eigenvalue weighted by Crippen LogP contribution is 2.45. The maximum atomic E-state index is 13.1. The molecule has 95 heavy (non-hydrogen) atoms. The van der Waals surface area contributed by atoms with E-state index in [4.69, 9.17) is 37.0 Å². The number of aliphatic hydroxyl groups is 1. The summed E-state index contributed by atoms with van der Waals surface area (Å²) in [4.78, 5) is 72.7. The van der Waals surface area contributed by atoms with Gasteiger partial charge in [0.1, 0.15) is 19.3 Å². The lowest BCUT2D eigenvalue weighted by molar-refractivity contribution is -0.161. The summed E-state index contributed by atoms with van der Waals surface area (Å²) in [5.74, 6) is 0.227. The van der Waals surface area contributed by atoms with Crippen LogP contribution < -0.4 is 0 Å². The number of rotatable bonds is 74. The number of aliphatic hydroxyl groups excluding tert-OH is 1. The molecule has 17 nitrogen and oxygen atoms in total. The Kier molecular flexibility index (Phi) is 65.2. The molecule has 0 aromatic carbocycles. The Labute approximate surface area is 581 Å². The Morgan fingerprint density at radius 2 is 0.484 bits per heavy atom. The molecule has 0 aromatic heterocycles. The number of phosphoric acid groups is 2. The van der Waals surface area contributed by atoms with Crippen LogP contribution in [0.5, 0.6) is 0 Å². The molecule has 0 aliphatic heterocycles. The summed E-state index contributed by atoms with van der Waals surface area (Å²) in [6.07, 6.45) is 52.7. The van der Waals surface area contributed by atoms with Gasteiger partial charge in [0, 0.05) is 25.7 Å². The highest BCUT2D eigenvalue weighted by atomic mass is 31.2. The summed E-state index contributed by atoms with van der Waals surface area (Å²) in [5, 5.41) is 10.6. The number of hydrogen-bond donors (Lipinski definition) is 3. The predicted octanol–water partition coefficient (Wildman–Crippen LogP) is 22.2. The molecule has 0 aromatic rings. The number of carbonyl (C=O) groups excluding carboxylic acids is 4. The molecule has 3 N–H and O–H groups in total. The summed E-state index contributed by atoms with van der Waals surface area (Å²) >= 11 is 0. The maximum Gasteiger partial charge on any atom is 0.472 e. The van der Waals surface area contributed by atoms with Crippen LogP contribution in [-0.2, 0) is 65.4 Å². The van der Waals surface area contributed by atoms with E-state index in [1.54, 1.807) is 0 Å². The minimum atomic E-state index is -4.96. The van der Waals surface area contributed by atoms with Crippen LogP contribution in [0.4, 0.5) is 0 Å². The smallest absolute Gasteiger partial charge is 0.462 e. The van der Waals surface area contributed by atoms with Crippen LogP contribution in [0, 0.1) is 17.8 Å². The molecule has 2 unspecified atom stereocenters. The highest BCUT2D eigenvalue weighted by molar-refractivity contribution is 7.47. The molecule has 0 amide bonds. The van der Waals surface area contributed by atoms with Gasteiger partial charge in [-0.2, -0.15) is 0 Å². The van der Waals surface area contributed by atoms with Gasteiger partial charge in [0.2, 0.25) is 0 Å². The van der Waals surface area contributed by atoms with Crippen molar-refractivity contribution in [2.75, 3.05) is 39.6 Å². The van der Waals surface area contributed by atoms with Gasteiger partial charge >= 0.3 is 39.5 Å². The van der Waals surface area contributed by atoms with E-state index in [0.717, 1.165) is 114 Å². The predicted molar refractivity (Wildman–Crippen MR) is 386 cm³/mol. The van der Waals surface area contributed by atoms with Crippen LogP contribution in [0.15, 0.2) is 0 Å². The van der Waals surface area contributed by atoms with Crippen molar-refractivity contribution >= 4 is 39.5 Å². The second-order valence-electron chi connectivity index (χ2n) is 28.8. The maximum absolute atomic E-state index is 13.1. The first-order valence-corrected chi connectivity index (χ1v) is 42.3. The Morgan fingerprint density at radius 3 is 0.716 bits per heavy atom. The lowest BCUT2D eigenvalue weighted by Crippen LogP contribution is -2.30. The van der Waals surface area contributed by atoms with Crippen molar-refractivity contribution in [3.8, 4) is 0 Å². The van der Waals surface area contributed by atoms with E-state index in [2.05, 4.69) is 48.5 Å². The summed E-state index contributed by atoms with van der Waals surface area (Å²) in [7, 11) is -9.91. The van der Waals surface area contributed by atoms with Crippen molar-refractivity contribution in [2.24, 2.45) is 17.8 Å². The zero-order chi connectivity index (χ0) is 70.1. The van der Waals surface area contributed by atoms with Crippen LogP contribution in [0.3, 0.4) is 0 Å². The van der Waals surface area contributed by atoms with Crippen LogP contribution in [0.1, 0.15) is 389 Å². The SMILES string of the molecule is CCCCCCCCCCC(=O)OC[C@H](COP(=O)(O)OC[C@H](O)COP(=O)(O)OC[C@@H](COC(=O)CCCCCCCCCCCCCCCCC(C)C)OC(=O)CCCCCCCCCCCCCCCCC(C)C)OC(=O)CCCCCCCCCCCCC(C)C. The Bertz CT molecular complexity index is 1850. The van der Waals surface area contributed by atoms with E-state index in [1.165, 1.54) is 193 Å². The lowest BCUT2D eigenvalue weighted by atomic mass is 10.0. The number of carbonyl (C=O) groups is 4. The first kappa shape index (κ1) is 93.1. The lowest BCUT2D eigenvalue weighted by Gasteiger charge is -2.21. The van der Waals surface area contributed by atoms with Gasteiger partial charge < -0.3 is 33.8 Å². The van der Waals surface area contributed by atoms with E-state index in [9.17, 15) is 43.2 Å². The molecule has 0 saturated heterocycles. The second kappa shape index (κ2) is 66.6. The summed E-state index contributed by atoms with van der Waals surface area (Å²) < 4.78 is 68.5. The molecule has 0 fully saturated rings. The fourth-order valence-electron chi connectivity index (χ4n) is 11.6. The van der Waals surface area contributed by atoms with Gasteiger partial charge in [-0.3, -0.25) is 37.3 Å². The Hall–Kier alpha value is -1.94. The van der Waals surface area contributed by atoms with Gasteiger partial charge in [-0.1, -0.05) is 337 Å². The van der Waals surface area contributed by atoms with E-state index in [1.807, 2.05) is 0 Å². The molecule has 0 rings (SSSR count). The number of ether oxygens (including phenoxy) is 4. The van der Waals surface area contributed by atoms with Gasteiger partial charge in [0.05, 0.1) is 26.4 Å². The molecule has 5 atom stereocenters. The third kappa shape index (κ3) is 70.3. The number of esters is 4. The first-order valence-electron chi connectivity index (χ1n) is 39.3. The Morgan fingerprint density at radius 1 is 0.284 bits per heavy atom. The zero-order valence-corrected chi connectivity index (χ0v) is 63.9. The Balaban J connectivity index is 5.22. The number of unbranched alkanes of at least 4 members (excludes halogenated alkanes) is 42. The average Bonchev–Trinajstić information content (AvgIpc) is 1.78. The topological polar surface area (TPSA) is 237 Å². The summed E-state index contributed by atoms with van der Waals surface area (Å²) in [6, 6.07) is 0. The summed E-state index contributed by atoms with van der Waals surface area (Å²) in [6.45, 7) is 11.9. The van der Waals surface area contributed by atoms with Crippen LogP contribution in [0.2, 0.25) is 0 Å². The normalized spacial score (nSPS) is 14.1.